The van der Waals surface area contributed by atoms with Crippen LogP contribution in [0, 0.1) is 0 Å². The fraction of sp³-hybridized carbons (Fsp3) is 0.333. The van der Waals surface area contributed by atoms with Crippen molar-refractivity contribution >= 4 is 73.3 Å². The fourth-order valence-corrected chi connectivity index (χ4v) is 7.04. The van der Waals surface area contributed by atoms with Crippen LogP contribution < -0.4 is 10.0 Å². The number of thiophene rings is 1. The first kappa shape index (κ1) is 28.2. The smallest absolute Gasteiger partial charge is 0.247 e. The number of rotatable bonds is 8. The normalized spacial score (nSPS) is 20.0. The van der Waals surface area contributed by atoms with E-state index in [1.807, 2.05) is 30.3 Å². The van der Waals surface area contributed by atoms with E-state index >= 15 is 0 Å². The molecule has 0 saturated carbocycles. The standard InChI is InChI=1S/C27H28ClN5O5S2/c28-24-10-9-20(39-24)11-14-40(37,38)31-22-7-3-12-32(27(22)36)17-25(34)33-13-4-8-23(33)26(35)30-19-15-18-5-1-2-6-21(18)29-16-19/h1-2,5-6,9-11,14-16,22-23,31H,3-4,7-8,12-13,17H2,(H,30,35)/b14-11+/t22-,23+/m0/s1. The lowest BCUT2D eigenvalue weighted by molar-refractivity contribution is -0.144. The van der Waals surface area contributed by atoms with Gasteiger partial charge >= 0.3 is 0 Å². The summed E-state index contributed by atoms with van der Waals surface area (Å²) < 4.78 is 28.1. The molecule has 2 fully saturated rings. The number of para-hydroxylation sites is 1. The minimum atomic E-state index is -3.90. The Morgan fingerprint density at radius 2 is 1.93 bits per heavy atom. The molecule has 40 heavy (non-hydrogen) atoms. The number of halogens is 1. The van der Waals surface area contributed by atoms with Crippen LogP contribution in [0.15, 0.2) is 54.1 Å². The van der Waals surface area contributed by atoms with Gasteiger partial charge in [-0.25, -0.2) is 8.42 Å². The van der Waals surface area contributed by atoms with E-state index in [9.17, 15) is 22.8 Å². The summed E-state index contributed by atoms with van der Waals surface area (Å²) in [5.41, 5.74) is 1.36. The van der Waals surface area contributed by atoms with Gasteiger partial charge in [-0.2, -0.15) is 4.72 Å². The van der Waals surface area contributed by atoms with Gasteiger partial charge in [0.1, 0.15) is 12.1 Å². The maximum absolute atomic E-state index is 13.2. The predicted molar refractivity (Wildman–Crippen MR) is 155 cm³/mol. The Hall–Kier alpha value is -3.32. The number of likely N-dealkylation sites (tertiary alicyclic amines) is 2. The SMILES string of the molecule is O=C(Nc1cnc2ccccc2c1)[C@H]1CCCN1C(=O)CN1CCC[C@H](NS(=O)(=O)/C=C/c2ccc(Cl)s2)C1=O. The number of anilines is 1. The molecule has 5 rings (SSSR count). The number of hydrogen-bond donors (Lipinski definition) is 2. The summed E-state index contributed by atoms with van der Waals surface area (Å²) in [7, 11) is -3.90. The minimum Gasteiger partial charge on any atom is -0.332 e. The molecule has 10 nitrogen and oxygen atoms in total. The molecule has 0 spiro atoms. The van der Waals surface area contributed by atoms with Gasteiger partial charge in [-0.05, 0) is 56.0 Å². The van der Waals surface area contributed by atoms with Gasteiger partial charge in [0.15, 0.2) is 0 Å². The van der Waals surface area contributed by atoms with E-state index in [4.69, 9.17) is 11.6 Å². The van der Waals surface area contributed by atoms with Crippen molar-refractivity contribution in [3.63, 3.8) is 0 Å². The van der Waals surface area contributed by atoms with Crippen molar-refractivity contribution in [2.75, 3.05) is 25.0 Å². The summed E-state index contributed by atoms with van der Waals surface area (Å²) in [4.78, 5) is 47.3. The lowest BCUT2D eigenvalue weighted by Gasteiger charge is -2.33. The maximum atomic E-state index is 13.2. The third-order valence-corrected chi connectivity index (χ3v) is 9.21. The summed E-state index contributed by atoms with van der Waals surface area (Å²) in [6.45, 7) is 0.518. The van der Waals surface area contributed by atoms with Gasteiger partial charge < -0.3 is 15.1 Å². The molecule has 2 aromatic heterocycles. The summed E-state index contributed by atoms with van der Waals surface area (Å²) in [6, 6.07) is 11.1. The minimum absolute atomic E-state index is 0.220. The van der Waals surface area contributed by atoms with Crippen LogP contribution in [0.25, 0.3) is 17.0 Å². The molecule has 2 aliphatic rings. The Kier molecular flexibility index (Phi) is 8.50. The van der Waals surface area contributed by atoms with Crippen molar-refractivity contribution in [2.45, 2.75) is 37.8 Å². The van der Waals surface area contributed by atoms with Crippen LogP contribution in [0.3, 0.4) is 0 Å². The van der Waals surface area contributed by atoms with E-state index in [1.165, 1.54) is 27.2 Å². The van der Waals surface area contributed by atoms with E-state index < -0.39 is 28.0 Å². The summed E-state index contributed by atoms with van der Waals surface area (Å²) >= 11 is 7.12. The number of pyridine rings is 1. The van der Waals surface area contributed by atoms with E-state index in [0.717, 1.165) is 16.3 Å². The second kappa shape index (κ2) is 12.0. The Bertz CT molecular complexity index is 1570. The monoisotopic (exact) mass is 601 g/mol. The van der Waals surface area contributed by atoms with Gasteiger partial charge in [0.05, 0.1) is 28.3 Å². The third kappa shape index (κ3) is 6.69. The lowest BCUT2D eigenvalue weighted by atomic mass is 10.1. The van der Waals surface area contributed by atoms with Crippen molar-refractivity contribution in [1.82, 2.24) is 19.5 Å². The number of carbonyl (C=O) groups is 3. The number of benzene rings is 1. The quantitative estimate of drug-likeness (QED) is 0.407. The van der Waals surface area contributed by atoms with Gasteiger partial charge in [0, 0.05) is 28.8 Å². The molecule has 4 heterocycles. The highest BCUT2D eigenvalue weighted by Gasteiger charge is 2.37. The number of sulfonamides is 1. The van der Waals surface area contributed by atoms with Crippen molar-refractivity contribution < 1.29 is 22.8 Å². The lowest BCUT2D eigenvalue weighted by Crippen LogP contribution is -2.55. The molecular weight excluding hydrogens is 574 g/mol. The Balaban J connectivity index is 1.19. The maximum Gasteiger partial charge on any atom is 0.247 e. The van der Waals surface area contributed by atoms with Crippen LogP contribution in [0.2, 0.25) is 4.34 Å². The molecule has 0 radical (unpaired) electrons. The molecule has 2 saturated heterocycles. The zero-order chi connectivity index (χ0) is 28.3. The summed E-state index contributed by atoms with van der Waals surface area (Å²) in [5.74, 6) is -1.11. The molecule has 2 atom stereocenters. The van der Waals surface area contributed by atoms with Crippen molar-refractivity contribution in [2.24, 2.45) is 0 Å². The summed E-state index contributed by atoms with van der Waals surface area (Å²) in [5, 5.41) is 4.76. The average Bonchev–Trinajstić information content (AvgIpc) is 3.59. The van der Waals surface area contributed by atoms with Crippen LogP contribution in [-0.2, 0) is 24.4 Å². The molecule has 210 valence electrons. The first-order valence-corrected chi connectivity index (χ1v) is 15.6. The largest absolute Gasteiger partial charge is 0.332 e. The number of hydrogen-bond acceptors (Lipinski definition) is 7. The molecular formula is C27H28ClN5O5S2. The van der Waals surface area contributed by atoms with Gasteiger partial charge in [0.2, 0.25) is 27.7 Å². The molecule has 3 aromatic rings. The number of nitrogens with one attached hydrogen (secondary N) is 2. The van der Waals surface area contributed by atoms with E-state index in [1.54, 1.807) is 18.3 Å². The van der Waals surface area contributed by atoms with E-state index in [-0.39, 0.29) is 18.4 Å². The number of nitrogens with zero attached hydrogens (tertiary/aromatic N) is 3. The Morgan fingerprint density at radius 3 is 2.73 bits per heavy atom. The van der Waals surface area contributed by atoms with E-state index in [2.05, 4.69) is 15.0 Å². The highest BCUT2D eigenvalue weighted by molar-refractivity contribution is 7.92. The number of carbonyl (C=O) groups excluding carboxylic acids is 3. The molecule has 2 N–H and O–H groups in total. The van der Waals surface area contributed by atoms with E-state index in [0.29, 0.717) is 53.7 Å². The van der Waals surface area contributed by atoms with Gasteiger partial charge in [-0.1, -0.05) is 29.8 Å². The molecule has 0 unspecified atom stereocenters. The predicted octanol–water partition coefficient (Wildman–Crippen LogP) is 3.46. The first-order chi connectivity index (χ1) is 19.2. The average molecular weight is 602 g/mol. The van der Waals surface area contributed by atoms with Crippen molar-refractivity contribution in [1.29, 1.82) is 0 Å². The van der Waals surface area contributed by atoms with Crippen LogP contribution >= 0.6 is 22.9 Å². The number of aromatic nitrogens is 1. The molecule has 3 amide bonds. The number of fused-ring (bicyclic) bond motifs is 1. The van der Waals surface area contributed by atoms with Crippen LogP contribution in [0.1, 0.15) is 30.6 Å². The molecule has 1 aromatic carbocycles. The highest BCUT2D eigenvalue weighted by Crippen LogP contribution is 2.24. The number of piperidine rings is 1. The van der Waals surface area contributed by atoms with Crippen LogP contribution in [0.4, 0.5) is 5.69 Å². The molecule has 13 heteroatoms. The van der Waals surface area contributed by atoms with Gasteiger partial charge in [0.25, 0.3) is 0 Å². The number of amides is 3. The third-order valence-electron chi connectivity index (χ3n) is 6.90. The van der Waals surface area contributed by atoms with Gasteiger partial charge in [-0.15, -0.1) is 11.3 Å². The van der Waals surface area contributed by atoms with Crippen LogP contribution in [-0.4, -0.2) is 72.6 Å². The second-order valence-electron chi connectivity index (χ2n) is 9.71. The zero-order valence-electron chi connectivity index (χ0n) is 21.5. The molecule has 2 aliphatic heterocycles. The highest BCUT2D eigenvalue weighted by atomic mass is 35.5. The first-order valence-electron chi connectivity index (χ1n) is 12.9. The van der Waals surface area contributed by atoms with Gasteiger partial charge in [-0.3, -0.25) is 19.4 Å². The topological polar surface area (TPSA) is 129 Å². The summed E-state index contributed by atoms with van der Waals surface area (Å²) in [6.07, 6.45) is 5.04. The fourth-order valence-electron chi connectivity index (χ4n) is 4.98. The zero-order valence-corrected chi connectivity index (χ0v) is 23.8. The Labute approximate surface area is 241 Å². The molecule has 0 aliphatic carbocycles. The van der Waals surface area contributed by atoms with Crippen LogP contribution in [0.5, 0.6) is 0 Å². The van der Waals surface area contributed by atoms with Crippen molar-refractivity contribution in [3.8, 4) is 0 Å². The Morgan fingerprint density at radius 1 is 1.12 bits per heavy atom. The second-order valence-corrected chi connectivity index (χ2v) is 13.1. The van der Waals surface area contributed by atoms with Crippen molar-refractivity contribution in [3.05, 3.63) is 63.3 Å². The molecule has 0 bridgehead atoms.